The van der Waals surface area contributed by atoms with E-state index in [1.54, 1.807) is 0 Å². The molecule has 4 heterocycles. The molecule has 0 aromatic carbocycles. The van der Waals surface area contributed by atoms with Gasteiger partial charge in [0.05, 0.1) is 9.21 Å². The second-order valence-corrected chi connectivity index (χ2v) is 8.46. The maximum atomic E-state index is 12.7. The van der Waals surface area contributed by atoms with E-state index in [-0.39, 0.29) is 11.8 Å². The first-order valence-electron chi connectivity index (χ1n) is 7.91. The molecule has 0 unspecified atom stereocenters. The lowest BCUT2D eigenvalue weighted by molar-refractivity contribution is 0.0699. The van der Waals surface area contributed by atoms with Crippen molar-refractivity contribution in [2.45, 2.75) is 25.7 Å². The van der Waals surface area contributed by atoms with Crippen LogP contribution in [-0.2, 0) is 0 Å². The van der Waals surface area contributed by atoms with Crippen LogP contribution in [0.3, 0.4) is 0 Å². The Bertz CT molecular complexity index is 895. The van der Waals surface area contributed by atoms with E-state index in [0.717, 1.165) is 27.1 Å². The Morgan fingerprint density at radius 3 is 2.76 bits per heavy atom. The van der Waals surface area contributed by atoms with Crippen LogP contribution in [0.5, 0.6) is 0 Å². The molecular formula is C16H15ClN4O2S2. The summed E-state index contributed by atoms with van der Waals surface area (Å²) < 4.78 is 5.97. The number of aromatic nitrogens is 3. The molecule has 3 aromatic heterocycles. The average molecular weight is 395 g/mol. The summed E-state index contributed by atoms with van der Waals surface area (Å²) in [6.07, 6.45) is 1.65. The summed E-state index contributed by atoms with van der Waals surface area (Å²) in [6.45, 7) is 3.15. The van der Waals surface area contributed by atoms with Crippen LogP contribution in [0.15, 0.2) is 22.0 Å². The third kappa shape index (κ3) is 3.47. The molecular weight excluding hydrogens is 380 g/mol. The van der Waals surface area contributed by atoms with Gasteiger partial charge >= 0.3 is 0 Å². The fourth-order valence-electron chi connectivity index (χ4n) is 2.88. The van der Waals surface area contributed by atoms with Gasteiger partial charge in [0.25, 0.3) is 5.91 Å². The zero-order valence-electron chi connectivity index (χ0n) is 13.4. The van der Waals surface area contributed by atoms with Crippen LogP contribution in [0.2, 0.25) is 4.34 Å². The minimum absolute atomic E-state index is 0.0229. The molecule has 3 aromatic rings. The Morgan fingerprint density at radius 1 is 1.32 bits per heavy atom. The first-order valence-corrected chi connectivity index (χ1v) is 9.98. The highest BCUT2D eigenvalue weighted by molar-refractivity contribution is 7.23. The van der Waals surface area contributed by atoms with Gasteiger partial charge in [0.1, 0.15) is 10.7 Å². The summed E-state index contributed by atoms with van der Waals surface area (Å²) in [6, 6.07) is 3.77. The van der Waals surface area contributed by atoms with Crippen molar-refractivity contribution in [1.82, 2.24) is 20.0 Å². The highest BCUT2D eigenvalue weighted by Gasteiger charge is 2.28. The fourth-order valence-corrected chi connectivity index (χ4v) is 4.79. The molecule has 0 spiro atoms. The van der Waals surface area contributed by atoms with E-state index in [2.05, 4.69) is 15.1 Å². The number of thiazole rings is 1. The largest absolute Gasteiger partial charge is 0.339 e. The molecule has 1 aliphatic rings. The van der Waals surface area contributed by atoms with Crippen LogP contribution in [0.4, 0.5) is 0 Å². The molecule has 6 nitrogen and oxygen atoms in total. The van der Waals surface area contributed by atoms with Crippen LogP contribution in [0.1, 0.15) is 41.0 Å². The summed E-state index contributed by atoms with van der Waals surface area (Å²) in [5, 5.41) is 6.49. The SMILES string of the molecule is Cc1noc(C2CCN(C(=O)c3csc(-c4ccc(Cl)s4)n3)CC2)n1. The van der Waals surface area contributed by atoms with Gasteiger partial charge in [-0.25, -0.2) is 4.98 Å². The molecule has 25 heavy (non-hydrogen) atoms. The number of nitrogens with zero attached hydrogens (tertiary/aromatic N) is 4. The summed E-state index contributed by atoms with van der Waals surface area (Å²) in [5.41, 5.74) is 0.497. The van der Waals surface area contributed by atoms with Gasteiger partial charge in [-0.15, -0.1) is 22.7 Å². The minimum atomic E-state index is -0.0229. The zero-order chi connectivity index (χ0) is 17.4. The quantitative estimate of drug-likeness (QED) is 0.664. The van der Waals surface area contributed by atoms with Crippen LogP contribution in [0, 0.1) is 6.92 Å². The standard InChI is InChI=1S/C16H15ClN4O2S2/c1-9-18-14(23-20-9)10-4-6-21(7-5-10)16(22)11-8-24-15(19-11)12-2-3-13(17)25-12/h2-3,8,10H,4-7H2,1H3. The molecule has 1 saturated heterocycles. The van der Waals surface area contributed by atoms with Crippen LogP contribution < -0.4 is 0 Å². The second-order valence-electron chi connectivity index (χ2n) is 5.89. The van der Waals surface area contributed by atoms with Gasteiger partial charge in [0.15, 0.2) is 5.82 Å². The van der Waals surface area contributed by atoms with Gasteiger partial charge in [-0.05, 0) is 31.9 Å². The highest BCUT2D eigenvalue weighted by Crippen LogP contribution is 2.33. The number of amides is 1. The number of rotatable bonds is 3. The number of likely N-dealkylation sites (tertiary alicyclic amines) is 1. The van der Waals surface area contributed by atoms with Gasteiger partial charge in [0.2, 0.25) is 5.89 Å². The summed E-state index contributed by atoms with van der Waals surface area (Å²) in [4.78, 5) is 24.3. The number of hydrogen-bond acceptors (Lipinski definition) is 7. The van der Waals surface area contributed by atoms with Crippen molar-refractivity contribution in [2.24, 2.45) is 0 Å². The van der Waals surface area contributed by atoms with E-state index in [0.29, 0.717) is 30.5 Å². The minimum Gasteiger partial charge on any atom is -0.339 e. The van der Waals surface area contributed by atoms with E-state index in [9.17, 15) is 4.79 Å². The lowest BCUT2D eigenvalue weighted by atomic mass is 9.96. The third-order valence-electron chi connectivity index (χ3n) is 4.18. The molecule has 1 amide bonds. The Hall–Kier alpha value is -1.77. The summed E-state index contributed by atoms with van der Waals surface area (Å²) in [7, 11) is 0. The normalized spacial score (nSPS) is 15.7. The summed E-state index contributed by atoms with van der Waals surface area (Å²) >= 11 is 8.90. The Balaban J connectivity index is 1.41. The number of thiophene rings is 1. The molecule has 0 N–H and O–H groups in total. The predicted octanol–water partition coefficient (Wildman–Crippen LogP) is 4.24. The molecule has 1 aliphatic heterocycles. The molecule has 0 radical (unpaired) electrons. The van der Waals surface area contributed by atoms with Gasteiger partial charge in [-0.1, -0.05) is 16.8 Å². The Kier molecular flexibility index (Phi) is 4.58. The lowest BCUT2D eigenvalue weighted by Gasteiger charge is -2.29. The molecule has 0 bridgehead atoms. The van der Waals surface area contributed by atoms with E-state index < -0.39 is 0 Å². The molecule has 0 aliphatic carbocycles. The van der Waals surface area contributed by atoms with E-state index in [1.807, 2.05) is 29.3 Å². The second kappa shape index (κ2) is 6.86. The molecule has 0 saturated carbocycles. The average Bonchev–Trinajstić information content (AvgIpc) is 3.35. The molecule has 9 heteroatoms. The zero-order valence-corrected chi connectivity index (χ0v) is 15.8. The van der Waals surface area contributed by atoms with Gasteiger partial charge in [-0.2, -0.15) is 4.98 Å². The van der Waals surface area contributed by atoms with Crippen molar-refractivity contribution >= 4 is 40.2 Å². The maximum Gasteiger partial charge on any atom is 0.273 e. The highest BCUT2D eigenvalue weighted by atomic mass is 35.5. The molecule has 0 atom stereocenters. The Labute approximate surface area is 157 Å². The number of piperidine rings is 1. The maximum absolute atomic E-state index is 12.7. The third-order valence-corrected chi connectivity index (χ3v) is 6.42. The van der Waals surface area contributed by atoms with E-state index in [1.165, 1.54) is 22.7 Å². The first kappa shape index (κ1) is 16.7. The van der Waals surface area contributed by atoms with Crippen LogP contribution in [0.25, 0.3) is 9.88 Å². The fraction of sp³-hybridized carbons (Fsp3) is 0.375. The van der Waals surface area contributed by atoms with Gasteiger partial charge in [-0.3, -0.25) is 4.79 Å². The van der Waals surface area contributed by atoms with E-state index in [4.69, 9.17) is 16.1 Å². The van der Waals surface area contributed by atoms with Gasteiger partial charge in [0, 0.05) is 24.4 Å². The monoisotopic (exact) mass is 394 g/mol. The van der Waals surface area contributed by atoms with Crippen molar-refractivity contribution in [3.05, 3.63) is 39.3 Å². The molecule has 1 fully saturated rings. The Morgan fingerprint density at radius 2 is 2.12 bits per heavy atom. The van der Waals surface area contributed by atoms with Crippen molar-refractivity contribution in [1.29, 1.82) is 0 Å². The predicted molar refractivity (Wildman–Crippen MR) is 97.4 cm³/mol. The van der Waals surface area contributed by atoms with Crippen LogP contribution in [-0.4, -0.2) is 39.0 Å². The van der Waals surface area contributed by atoms with Gasteiger partial charge < -0.3 is 9.42 Å². The first-order chi connectivity index (χ1) is 12.1. The number of halogens is 1. The van der Waals surface area contributed by atoms with Crippen molar-refractivity contribution in [3.63, 3.8) is 0 Å². The number of carbonyl (C=O) groups is 1. The lowest BCUT2D eigenvalue weighted by Crippen LogP contribution is -2.38. The molecule has 130 valence electrons. The summed E-state index contributed by atoms with van der Waals surface area (Å²) in [5.74, 6) is 1.53. The topological polar surface area (TPSA) is 72.1 Å². The van der Waals surface area contributed by atoms with Crippen molar-refractivity contribution in [2.75, 3.05) is 13.1 Å². The van der Waals surface area contributed by atoms with Crippen molar-refractivity contribution < 1.29 is 9.32 Å². The number of carbonyl (C=O) groups excluding carboxylic acids is 1. The van der Waals surface area contributed by atoms with E-state index >= 15 is 0 Å². The van der Waals surface area contributed by atoms with Crippen LogP contribution >= 0.6 is 34.3 Å². The number of aryl methyl sites for hydroxylation is 1. The van der Waals surface area contributed by atoms with Crippen molar-refractivity contribution in [3.8, 4) is 9.88 Å². The number of hydrogen-bond donors (Lipinski definition) is 0. The smallest absolute Gasteiger partial charge is 0.273 e. The molecule has 4 rings (SSSR count).